The van der Waals surface area contributed by atoms with Gasteiger partial charge in [0.1, 0.15) is 11.6 Å². The highest BCUT2D eigenvalue weighted by Crippen LogP contribution is 2.29. The number of hydrogen-bond acceptors (Lipinski definition) is 4. The van der Waals surface area contributed by atoms with E-state index in [1.807, 2.05) is 32.2 Å². The molecule has 2 rings (SSSR count). The van der Waals surface area contributed by atoms with Crippen LogP contribution >= 0.6 is 11.3 Å². The molecule has 3 nitrogen and oxygen atoms in total. The van der Waals surface area contributed by atoms with Crippen molar-refractivity contribution in [1.29, 1.82) is 0 Å². The van der Waals surface area contributed by atoms with Gasteiger partial charge in [-0.05, 0) is 44.2 Å². The van der Waals surface area contributed by atoms with E-state index >= 15 is 0 Å². The van der Waals surface area contributed by atoms with E-state index in [1.165, 1.54) is 4.88 Å². The van der Waals surface area contributed by atoms with Crippen molar-refractivity contribution in [2.45, 2.75) is 38.8 Å². The minimum absolute atomic E-state index is 0.174. The first-order valence-corrected chi connectivity index (χ1v) is 6.38. The Morgan fingerprint density at radius 2 is 2.31 bits per heavy atom. The number of fused-ring (bicyclic) bond motifs is 1. The average molecular weight is 239 g/mol. The molecule has 0 saturated heterocycles. The highest BCUT2D eigenvalue weighted by atomic mass is 32.1. The van der Waals surface area contributed by atoms with Crippen molar-refractivity contribution in [2.24, 2.45) is 0 Å². The summed E-state index contributed by atoms with van der Waals surface area (Å²) in [7, 11) is 0. The van der Waals surface area contributed by atoms with Crippen LogP contribution in [0.4, 0.5) is 0 Å². The zero-order valence-electron chi connectivity index (χ0n) is 9.87. The molecule has 88 valence electrons. The van der Waals surface area contributed by atoms with Crippen LogP contribution in [0.25, 0.3) is 0 Å². The number of nitrogens with one attached hydrogen (secondary N) is 1. The predicted molar refractivity (Wildman–Crippen MR) is 64.6 cm³/mol. The summed E-state index contributed by atoms with van der Waals surface area (Å²) in [6, 6.07) is 1.73. The van der Waals surface area contributed by atoms with Gasteiger partial charge in [-0.25, -0.2) is 4.79 Å². The van der Waals surface area contributed by atoms with E-state index in [0.29, 0.717) is 0 Å². The van der Waals surface area contributed by atoms with Gasteiger partial charge in [0.15, 0.2) is 0 Å². The molecule has 4 heteroatoms. The van der Waals surface area contributed by atoms with Crippen LogP contribution in [0.1, 0.15) is 37.3 Å². The SMILES string of the molecule is CC(C)(C)OC(=O)C1NCCc2sccc21. The number of thiophene rings is 1. The smallest absolute Gasteiger partial charge is 0.328 e. The van der Waals surface area contributed by atoms with Gasteiger partial charge in [0, 0.05) is 11.4 Å². The number of esters is 1. The summed E-state index contributed by atoms with van der Waals surface area (Å²) >= 11 is 1.72. The van der Waals surface area contributed by atoms with Crippen molar-refractivity contribution in [3.63, 3.8) is 0 Å². The summed E-state index contributed by atoms with van der Waals surface area (Å²) in [4.78, 5) is 13.3. The fraction of sp³-hybridized carbons (Fsp3) is 0.583. The number of carbonyl (C=O) groups excluding carboxylic acids is 1. The van der Waals surface area contributed by atoms with Crippen LogP contribution in [-0.2, 0) is 16.0 Å². The summed E-state index contributed by atoms with van der Waals surface area (Å²) in [5.41, 5.74) is 0.664. The lowest BCUT2D eigenvalue weighted by molar-refractivity contribution is -0.157. The van der Waals surface area contributed by atoms with E-state index in [-0.39, 0.29) is 12.0 Å². The van der Waals surface area contributed by atoms with E-state index in [9.17, 15) is 4.79 Å². The van der Waals surface area contributed by atoms with Gasteiger partial charge in [0.25, 0.3) is 0 Å². The van der Waals surface area contributed by atoms with Gasteiger partial charge < -0.3 is 10.1 Å². The third-order valence-corrected chi connectivity index (χ3v) is 3.43. The second-order valence-corrected chi connectivity index (χ2v) is 5.97. The maximum atomic E-state index is 12.0. The first kappa shape index (κ1) is 11.6. The van der Waals surface area contributed by atoms with Crippen LogP contribution in [0, 0.1) is 0 Å². The van der Waals surface area contributed by atoms with Crippen LogP contribution in [0.15, 0.2) is 11.4 Å². The zero-order chi connectivity index (χ0) is 11.8. The molecule has 0 fully saturated rings. The molecular formula is C12H17NO2S. The Balaban J connectivity index is 2.15. The quantitative estimate of drug-likeness (QED) is 0.764. The molecule has 1 aliphatic rings. The summed E-state index contributed by atoms with van der Waals surface area (Å²) in [6.07, 6.45) is 1.01. The molecule has 0 aliphatic carbocycles. The van der Waals surface area contributed by atoms with Gasteiger partial charge in [0.2, 0.25) is 0 Å². The Kier molecular flexibility index (Phi) is 3.04. The molecule has 1 aliphatic heterocycles. The maximum absolute atomic E-state index is 12.0. The second-order valence-electron chi connectivity index (χ2n) is 4.97. The Hall–Kier alpha value is -0.870. The minimum atomic E-state index is -0.424. The number of rotatable bonds is 1. The van der Waals surface area contributed by atoms with Gasteiger partial charge >= 0.3 is 5.97 Å². The molecule has 1 aromatic heterocycles. The van der Waals surface area contributed by atoms with Gasteiger partial charge in [0.05, 0.1) is 0 Å². The van der Waals surface area contributed by atoms with Crippen molar-refractivity contribution < 1.29 is 9.53 Å². The molecule has 0 spiro atoms. The summed E-state index contributed by atoms with van der Waals surface area (Å²) in [6.45, 7) is 6.52. The van der Waals surface area contributed by atoms with Crippen LogP contribution in [0.3, 0.4) is 0 Å². The molecule has 1 N–H and O–H groups in total. The van der Waals surface area contributed by atoms with E-state index in [2.05, 4.69) is 5.32 Å². The highest BCUT2D eigenvalue weighted by molar-refractivity contribution is 7.10. The third-order valence-electron chi connectivity index (χ3n) is 2.43. The van der Waals surface area contributed by atoms with E-state index in [1.54, 1.807) is 11.3 Å². The molecule has 0 radical (unpaired) electrons. The van der Waals surface area contributed by atoms with E-state index < -0.39 is 5.60 Å². The largest absolute Gasteiger partial charge is 0.459 e. The Morgan fingerprint density at radius 3 is 3.00 bits per heavy atom. The van der Waals surface area contributed by atoms with Crippen molar-refractivity contribution in [3.8, 4) is 0 Å². The summed E-state index contributed by atoms with van der Waals surface area (Å²) in [5, 5.41) is 5.25. The molecule has 1 unspecified atom stereocenters. The van der Waals surface area contributed by atoms with Crippen LogP contribution in [0.2, 0.25) is 0 Å². The Bertz CT molecular complexity index is 392. The van der Waals surface area contributed by atoms with Crippen LogP contribution in [0.5, 0.6) is 0 Å². The van der Waals surface area contributed by atoms with Gasteiger partial charge in [-0.15, -0.1) is 11.3 Å². The van der Waals surface area contributed by atoms with E-state index in [4.69, 9.17) is 4.74 Å². The summed E-state index contributed by atoms with van der Waals surface area (Å²) < 4.78 is 5.41. The highest BCUT2D eigenvalue weighted by Gasteiger charge is 2.30. The molecule has 1 atom stereocenters. The van der Waals surface area contributed by atoms with Gasteiger partial charge in [-0.3, -0.25) is 0 Å². The number of ether oxygens (including phenoxy) is 1. The molecule has 0 bridgehead atoms. The predicted octanol–water partition coefficient (Wildman–Crippen LogP) is 2.28. The Morgan fingerprint density at radius 1 is 1.56 bits per heavy atom. The molecule has 0 aromatic carbocycles. The van der Waals surface area contributed by atoms with Crippen molar-refractivity contribution in [2.75, 3.05) is 6.54 Å². The lowest BCUT2D eigenvalue weighted by Crippen LogP contribution is -2.38. The van der Waals surface area contributed by atoms with Gasteiger partial charge in [-0.2, -0.15) is 0 Å². The van der Waals surface area contributed by atoms with Crippen molar-refractivity contribution in [3.05, 3.63) is 21.9 Å². The first-order valence-electron chi connectivity index (χ1n) is 5.50. The van der Waals surface area contributed by atoms with Crippen molar-refractivity contribution in [1.82, 2.24) is 5.32 Å². The third kappa shape index (κ3) is 2.44. The average Bonchev–Trinajstić information content (AvgIpc) is 2.61. The van der Waals surface area contributed by atoms with Crippen LogP contribution in [-0.4, -0.2) is 18.1 Å². The van der Waals surface area contributed by atoms with Gasteiger partial charge in [-0.1, -0.05) is 0 Å². The lowest BCUT2D eigenvalue weighted by Gasteiger charge is -2.27. The minimum Gasteiger partial charge on any atom is -0.459 e. The standard InChI is InChI=1S/C12H17NO2S/c1-12(2,3)15-11(14)10-8-5-7-16-9(8)4-6-13-10/h5,7,10,13H,4,6H2,1-3H3. The monoisotopic (exact) mass is 239 g/mol. The number of carbonyl (C=O) groups is 1. The Labute approximate surface area is 99.8 Å². The molecule has 16 heavy (non-hydrogen) atoms. The van der Waals surface area contributed by atoms with Crippen LogP contribution < -0.4 is 5.32 Å². The zero-order valence-corrected chi connectivity index (χ0v) is 10.7. The molecular weight excluding hydrogens is 222 g/mol. The fourth-order valence-electron chi connectivity index (χ4n) is 1.82. The second kappa shape index (κ2) is 4.18. The summed E-state index contributed by atoms with van der Waals surface area (Å²) in [5.74, 6) is -0.174. The molecule has 2 heterocycles. The molecule has 0 amide bonds. The topological polar surface area (TPSA) is 38.3 Å². The fourth-order valence-corrected chi connectivity index (χ4v) is 2.74. The lowest BCUT2D eigenvalue weighted by atomic mass is 10.0. The van der Waals surface area contributed by atoms with E-state index in [0.717, 1.165) is 18.5 Å². The maximum Gasteiger partial charge on any atom is 0.328 e. The van der Waals surface area contributed by atoms with Crippen molar-refractivity contribution >= 4 is 17.3 Å². The molecule has 0 saturated carbocycles. The molecule has 1 aromatic rings. The normalized spacial score (nSPS) is 20.3. The number of hydrogen-bond donors (Lipinski definition) is 1. The first-order chi connectivity index (χ1) is 7.47.